The summed E-state index contributed by atoms with van der Waals surface area (Å²) >= 11 is 6.15. The molecule has 0 heterocycles. The zero-order chi connectivity index (χ0) is 15.1. The summed E-state index contributed by atoms with van der Waals surface area (Å²) in [6.45, 7) is 0.811. The molecule has 0 spiro atoms. The van der Waals surface area contributed by atoms with Crippen LogP contribution >= 0.6 is 11.6 Å². The molecule has 1 amide bonds. The first-order valence-corrected chi connectivity index (χ1v) is 7.38. The lowest BCUT2D eigenvalue weighted by molar-refractivity contribution is 0.0963. The van der Waals surface area contributed by atoms with Crippen LogP contribution in [0.5, 0.6) is 0 Å². The molecule has 3 nitrogen and oxygen atoms in total. The van der Waals surface area contributed by atoms with Gasteiger partial charge in [0.1, 0.15) is 0 Å². The zero-order valence-electron chi connectivity index (χ0n) is 12.0. The van der Waals surface area contributed by atoms with Crippen LogP contribution in [-0.2, 0) is 6.42 Å². The van der Waals surface area contributed by atoms with Gasteiger partial charge in [0.25, 0.3) is 5.91 Å². The molecular weight excluding hydrogens is 284 g/mol. The number of halogens is 1. The molecule has 0 aliphatic carbocycles. The first-order chi connectivity index (χ1) is 10.2. The van der Waals surface area contributed by atoms with Crippen molar-refractivity contribution in [3.8, 4) is 0 Å². The SMILES string of the molecule is CNC(=O)c1ccc(Cl)c(NCCCc2ccccc2)c1. The molecule has 0 atom stereocenters. The first kappa shape index (κ1) is 15.4. The molecule has 2 aromatic carbocycles. The van der Waals surface area contributed by atoms with Gasteiger partial charge in [0, 0.05) is 19.2 Å². The molecule has 2 N–H and O–H groups in total. The highest BCUT2D eigenvalue weighted by Gasteiger charge is 2.07. The number of benzene rings is 2. The molecule has 4 heteroatoms. The summed E-state index contributed by atoms with van der Waals surface area (Å²) in [5, 5.41) is 6.52. The average Bonchev–Trinajstić information content (AvgIpc) is 2.53. The van der Waals surface area contributed by atoms with Crippen LogP contribution in [0.4, 0.5) is 5.69 Å². The Morgan fingerprint density at radius 1 is 1.14 bits per heavy atom. The van der Waals surface area contributed by atoms with Gasteiger partial charge in [-0.3, -0.25) is 4.79 Å². The van der Waals surface area contributed by atoms with Crippen LogP contribution < -0.4 is 10.6 Å². The van der Waals surface area contributed by atoms with Crippen LogP contribution in [0.1, 0.15) is 22.3 Å². The Bertz CT molecular complexity index is 599. The number of nitrogens with one attached hydrogen (secondary N) is 2. The molecule has 21 heavy (non-hydrogen) atoms. The van der Waals surface area contributed by atoms with E-state index in [2.05, 4.69) is 22.8 Å². The number of anilines is 1. The Labute approximate surface area is 130 Å². The van der Waals surface area contributed by atoms with E-state index in [9.17, 15) is 4.79 Å². The monoisotopic (exact) mass is 302 g/mol. The van der Waals surface area contributed by atoms with E-state index >= 15 is 0 Å². The molecule has 0 unspecified atom stereocenters. The molecule has 0 radical (unpaired) electrons. The summed E-state index contributed by atoms with van der Waals surface area (Å²) in [5.41, 5.74) is 2.72. The maximum atomic E-state index is 11.6. The fourth-order valence-electron chi connectivity index (χ4n) is 2.11. The molecular formula is C17H19ClN2O. The Hall–Kier alpha value is -2.00. The summed E-state index contributed by atoms with van der Waals surface area (Å²) in [6, 6.07) is 15.6. The van der Waals surface area contributed by atoms with Gasteiger partial charge in [0.15, 0.2) is 0 Å². The number of amides is 1. The molecule has 0 saturated heterocycles. The Balaban J connectivity index is 1.89. The fraction of sp³-hybridized carbons (Fsp3) is 0.235. The average molecular weight is 303 g/mol. The normalized spacial score (nSPS) is 10.2. The first-order valence-electron chi connectivity index (χ1n) is 7.00. The van der Waals surface area contributed by atoms with E-state index in [-0.39, 0.29) is 5.91 Å². The highest BCUT2D eigenvalue weighted by Crippen LogP contribution is 2.23. The van der Waals surface area contributed by atoms with Crippen molar-refractivity contribution in [2.75, 3.05) is 18.9 Å². The Kier molecular flexibility index (Phi) is 5.64. The Morgan fingerprint density at radius 3 is 2.62 bits per heavy atom. The molecule has 0 saturated carbocycles. The summed E-state index contributed by atoms with van der Waals surface area (Å²) in [4.78, 5) is 11.6. The standard InChI is InChI=1S/C17H19ClN2O/c1-19-17(21)14-9-10-15(18)16(12-14)20-11-5-8-13-6-3-2-4-7-13/h2-4,6-7,9-10,12,20H,5,8,11H2,1H3,(H,19,21). The topological polar surface area (TPSA) is 41.1 Å². The summed E-state index contributed by atoms with van der Waals surface area (Å²) in [7, 11) is 1.61. The number of rotatable bonds is 6. The van der Waals surface area contributed by atoms with Crippen molar-refractivity contribution in [3.05, 3.63) is 64.7 Å². The van der Waals surface area contributed by atoms with E-state index in [0.717, 1.165) is 25.1 Å². The van der Waals surface area contributed by atoms with Crippen molar-refractivity contribution < 1.29 is 4.79 Å². The minimum atomic E-state index is -0.112. The van der Waals surface area contributed by atoms with E-state index in [1.54, 1.807) is 25.2 Å². The maximum absolute atomic E-state index is 11.6. The van der Waals surface area contributed by atoms with E-state index in [4.69, 9.17) is 11.6 Å². The van der Waals surface area contributed by atoms with Crippen LogP contribution in [0.2, 0.25) is 5.02 Å². The third kappa shape index (κ3) is 4.50. The van der Waals surface area contributed by atoms with Gasteiger partial charge in [-0.15, -0.1) is 0 Å². The minimum absolute atomic E-state index is 0.112. The van der Waals surface area contributed by atoms with Gasteiger partial charge in [-0.1, -0.05) is 41.9 Å². The molecule has 2 rings (SSSR count). The fourth-order valence-corrected chi connectivity index (χ4v) is 2.29. The van der Waals surface area contributed by atoms with E-state index < -0.39 is 0 Å². The van der Waals surface area contributed by atoms with Crippen LogP contribution in [-0.4, -0.2) is 19.5 Å². The summed E-state index contributed by atoms with van der Waals surface area (Å²) in [6.07, 6.45) is 2.02. The molecule has 110 valence electrons. The van der Waals surface area contributed by atoms with Gasteiger partial charge in [-0.2, -0.15) is 0 Å². The van der Waals surface area contributed by atoms with Gasteiger partial charge in [0.2, 0.25) is 0 Å². The second-order valence-electron chi connectivity index (χ2n) is 4.79. The molecule has 2 aromatic rings. The van der Waals surface area contributed by atoms with Crippen LogP contribution in [0.15, 0.2) is 48.5 Å². The summed E-state index contributed by atoms with van der Waals surface area (Å²) < 4.78 is 0. The van der Waals surface area contributed by atoms with Gasteiger partial charge < -0.3 is 10.6 Å². The lowest BCUT2D eigenvalue weighted by atomic mass is 10.1. The number of hydrogen-bond donors (Lipinski definition) is 2. The molecule has 0 aliphatic heterocycles. The zero-order valence-corrected chi connectivity index (χ0v) is 12.8. The minimum Gasteiger partial charge on any atom is -0.384 e. The van der Waals surface area contributed by atoms with Gasteiger partial charge in [-0.25, -0.2) is 0 Å². The number of aryl methyl sites for hydroxylation is 1. The third-order valence-corrected chi connectivity index (χ3v) is 3.59. The number of hydrogen-bond acceptors (Lipinski definition) is 2. The van der Waals surface area contributed by atoms with Gasteiger partial charge in [0.05, 0.1) is 10.7 Å². The molecule has 0 aliphatic rings. The van der Waals surface area contributed by atoms with Crippen molar-refractivity contribution in [1.82, 2.24) is 5.32 Å². The number of carbonyl (C=O) groups is 1. The maximum Gasteiger partial charge on any atom is 0.251 e. The van der Waals surface area contributed by atoms with Gasteiger partial charge >= 0.3 is 0 Å². The number of carbonyl (C=O) groups excluding carboxylic acids is 1. The van der Waals surface area contributed by atoms with Crippen molar-refractivity contribution in [3.63, 3.8) is 0 Å². The smallest absolute Gasteiger partial charge is 0.251 e. The second kappa shape index (κ2) is 7.70. The second-order valence-corrected chi connectivity index (χ2v) is 5.20. The quantitative estimate of drug-likeness (QED) is 0.798. The van der Waals surface area contributed by atoms with E-state index in [1.165, 1.54) is 5.56 Å². The molecule has 0 fully saturated rings. The largest absolute Gasteiger partial charge is 0.384 e. The lowest BCUT2D eigenvalue weighted by Gasteiger charge is -2.10. The summed E-state index contributed by atoms with van der Waals surface area (Å²) in [5.74, 6) is -0.112. The molecule has 0 aromatic heterocycles. The van der Waals surface area contributed by atoms with Crippen LogP contribution in [0.3, 0.4) is 0 Å². The van der Waals surface area contributed by atoms with Crippen molar-refractivity contribution in [2.24, 2.45) is 0 Å². The third-order valence-electron chi connectivity index (χ3n) is 3.26. The molecule has 0 bridgehead atoms. The van der Waals surface area contributed by atoms with Crippen LogP contribution in [0.25, 0.3) is 0 Å². The van der Waals surface area contributed by atoms with Crippen molar-refractivity contribution in [1.29, 1.82) is 0 Å². The highest BCUT2D eigenvalue weighted by atomic mass is 35.5. The van der Waals surface area contributed by atoms with E-state index in [1.807, 2.05) is 18.2 Å². The Morgan fingerprint density at radius 2 is 1.90 bits per heavy atom. The van der Waals surface area contributed by atoms with Gasteiger partial charge in [-0.05, 0) is 36.6 Å². The lowest BCUT2D eigenvalue weighted by Crippen LogP contribution is -2.18. The van der Waals surface area contributed by atoms with E-state index in [0.29, 0.717) is 10.6 Å². The predicted molar refractivity (Wildman–Crippen MR) is 88.1 cm³/mol. The van der Waals surface area contributed by atoms with Crippen molar-refractivity contribution >= 4 is 23.2 Å². The predicted octanol–water partition coefficient (Wildman–Crippen LogP) is 3.74. The van der Waals surface area contributed by atoms with Crippen molar-refractivity contribution in [2.45, 2.75) is 12.8 Å². The highest BCUT2D eigenvalue weighted by molar-refractivity contribution is 6.33. The van der Waals surface area contributed by atoms with Crippen LogP contribution in [0, 0.1) is 0 Å².